The van der Waals surface area contributed by atoms with E-state index in [0.717, 1.165) is 49.1 Å². The van der Waals surface area contributed by atoms with E-state index < -0.39 is 0 Å². The minimum Gasteiger partial charge on any atom is -0.354 e. The summed E-state index contributed by atoms with van der Waals surface area (Å²) in [5, 5.41) is 0. The number of aryl methyl sites for hydroxylation is 1. The lowest BCUT2D eigenvalue weighted by molar-refractivity contribution is -0.140. The van der Waals surface area contributed by atoms with Gasteiger partial charge in [-0.25, -0.2) is 9.97 Å². The molecule has 0 saturated carbocycles. The Morgan fingerprint density at radius 3 is 2.40 bits per heavy atom. The van der Waals surface area contributed by atoms with Gasteiger partial charge in [-0.2, -0.15) is 0 Å². The van der Waals surface area contributed by atoms with Crippen LogP contribution in [-0.4, -0.2) is 63.8 Å². The van der Waals surface area contributed by atoms with Gasteiger partial charge < -0.3 is 4.90 Å². The summed E-state index contributed by atoms with van der Waals surface area (Å²) in [6, 6.07) is 11.4. The predicted molar refractivity (Wildman–Crippen MR) is 115 cm³/mol. The van der Waals surface area contributed by atoms with Gasteiger partial charge in [-0.15, -0.1) is 0 Å². The molecular formula is C23H29N5O2. The number of likely N-dealkylation sites (tertiary alicyclic amines) is 1. The fourth-order valence-corrected chi connectivity index (χ4v) is 4.14. The summed E-state index contributed by atoms with van der Waals surface area (Å²) in [5.41, 5.74) is 1.95. The van der Waals surface area contributed by atoms with Crippen LogP contribution >= 0.6 is 0 Å². The first-order chi connectivity index (χ1) is 14.4. The lowest BCUT2D eigenvalue weighted by Crippen LogP contribution is -2.52. The van der Waals surface area contributed by atoms with Crippen LogP contribution in [0.25, 0.3) is 0 Å². The van der Waals surface area contributed by atoms with Gasteiger partial charge in [0.05, 0.1) is 19.0 Å². The summed E-state index contributed by atoms with van der Waals surface area (Å²) in [7, 11) is 0. The smallest absolute Gasteiger partial charge is 0.247 e. The van der Waals surface area contributed by atoms with Crippen LogP contribution in [-0.2, 0) is 16.1 Å². The molecule has 1 atom stereocenters. The first-order valence-electron chi connectivity index (χ1n) is 10.6. The predicted octanol–water partition coefficient (Wildman–Crippen LogP) is 2.36. The minimum absolute atomic E-state index is 0.0720. The molecule has 3 heterocycles. The molecule has 4 rings (SSSR count). The molecule has 2 aromatic rings. The zero-order valence-electron chi connectivity index (χ0n) is 17.9. The highest BCUT2D eigenvalue weighted by Crippen LogP contribution is 2.24. The Hall–Kier alpha value is -2.80. The average Bonchev–Trinajstić information content (AvgIpc) is 3.02. The van der Waals surface area contributed by atoms with Crippen LogP contribution in [0.2, 0.25) is 0 Å². The van der Waals surface area contributed by atoms with Crippen molar-refractivity contribution in [3.8, 4) is 0 Å². The van der Waals surface area contributed by atoms with E-state index in [-0.39, 0.29) is 30.2 Å². The molecule has 0 radical (unpaired) electrons. The number of rotatable bonds is 5. The number of carbonyl (C=O) groups is 2. The van der Waals surface area contributed by atoms with E-state index in [1.165, 1.54) is 4.90 Å². The van der Waals surface area contributed by atoms with Crippen molar-refractivity contribution < 1.29 is 9.59 Å². The van der Waals surface area contributed by atoms with Crippen molar-refractivity contribution in [2.45, 2.75) is 45.7 Å². The normalized spacial score (nSPS) is 20.5. The number of anilines is 1. The van der Waals surface area contributed by atoms with Crippen molar-refractivity contribution in [3.63, 3.8) is 0 Å². The number of amides is 2. The second-order valence-corrected chi connectivity index (χ2v) is 8.43. The van der Waals surface area contributed by atoms with Gasteiger partial charge >= 0.3 is 0 Å². The number of piperazine rings is 1. The van der Waals surface area contributed by atoms with Crippen LogP contribution in [0.5, 0.6) is 0 Å². The summed E-state index contributed by atoms with van der Waals surface area (Å²) in [6.45, 7) is 9.59. The van der Waals surface area contributed by atoms with Crippen molar-refractivity contribution in [3.05, 3.63) is 53.5 Å². The Balaban J connectivity index is 1.40. The number of carbonyl (C=O) groups excluding carboxylic acids is 2. The maximum Gasteiger partial charge on any atom is 0.247 e. The van der Waals surface area contributed by atoms with Crippen LogP contribution in [0, 0.1) is 6.92 Å². The van der Waals surface area contributed by atoms with Gasteiger partial charge in [0.1, 0.15) is 11.6 Å². The lowest BCUT2D eigenvalue weighted by Gasteiger charge is -2.37. The third-order valence-corrected chi connectivity index (χ3v) is 5.86. The molecule has 0 aliphatic carbocycles. The SMILES string of the molecule is Cc1cc(N2CCN(C3CC(=O)N(Cc4ccccc4)C3=O)CC2)nc(C(C)C)n1. The molecule has 2 saturated heterocycles. The standard InChI is InChI=1S/C23H29N5O2/c1-16(2)22-24-17(3)13-20(25-22)27-11-9-26(10-12-27)19-14-21(29)28(23(19)30)15-18-7-5-4-6-8-18/h4-8,13,16,19H,9-12,14-15H2,1-3H3. The Labute approximate surface area is 177 Å². The molecule has 1 aromatic carbocycles. The van der Waals surface area contributed by atoms with Crippen LogP contribution in [0.15, 0.2) is 36.4 Å². The van der Waals surface area contributed by atoms with Gasteiger partial charge in [-0.3, -0.25) is 19.4 Å². The van der Waals surface area contributed by atoms with Gasteiger partial charge in [-0.05, 0) is 12.5 Å². The van der Waals surface area contributed by atoms with Crippen molar-refractivity contribution in [2.24, 2.45) is 0 Å². The molecule has 1 unspecified atom stereocenters. The molecule has 1 aromatic heterocycles. The van der Waals surface area contributed by atoms with Crippen molar-refractivity contribution in [1.29, 1.82) is 0 Å². The zero-order chi connectivity index (χ0) is 21.3. The maximum atomic E-state index is 13.0. The number of imide groups is 1. The monoisotopic (exact) mass is 407 g/mol. The fourth-order valence-electron chi connectivity index (χ4n) is 4.14. The topological polar surface area (TPSA) is 69.6 Å². The quantitative estimate of drug-likeness (QED) is 0.709. The number of hydrogen-bond donors (Lipinski definition) is 0. The molecule has 0 spiro atoms. The van der Waals surface area contributed by atoms with Gasteiger partial charge in [0.25, 0.3) is 0 Å². The maximum absolute atomic E-state index is 13.0. The van der Waals surface area contributed by atoms with Crippen molar-refractivity contribution in [1.82, 2.24) is 19.8 Å². The molecule has 30 heavy (non-hydrogen) atoms. The number of nitrogens with zero attached hydrogens (tertiary/aromatic N) is 5. The van der Waals surface area contributed by atoms with E-state index in [0.29, 0.717) is 6.54 Å². The van der Waals surface area contributed by atoms with Gasteiger partial charge in [-0.1, -0.05) is 44.2 Å². The third kappa shape index (κ3) is 4.21. The lowest BCUT2D eigenvalue weighted by atomic mass is 10.1. The third-order valence-electron chi connectivity index (χ3n) is 5.86. The van der Waals surface area contributed by atoms with E-state index >= 15 is 0 Å². The molecule has 7 nitrogen and oxygen atoms in total. The number of benzene rings is 1. The second kappa shape index (κ2) is 8.52. The van der Waals surface area contributed by atoms with Crippen LogP contribution in [0.3, 0.4) is 0 Å². The highest BCUT2D eigenvalue weighted by atomic mass is 16.2. The zero-order valence-corrected chi connectivity index (χ0v) is 17.9. The van der Waals surface area contributed by atoms with Gasteiger partial charge in [0.2, 0.25) is 11.8 Å². The van der Waals surface area contributed by atoms with E-state index in [1.54, 1.807) is 0 Å². The highest BCUT2D eigenvalue weighted by molar-refractivity contribution is 6.05. The molecule has 2 fully saturated rings. The summed E-state index contributed by atoms with van der Waals surface area (Å²) in [6.07, 6.45) is 0.274. The summed E-state index contributed by atoms with van der Waals surface area (Å²) < 4.78 is 0. The van der Waals surface area contributed by atoms with Crippen LogP contribution in [0.4, 0.5) is 5.82 Å². The Morgan fingerprint density at radius 1 is 1.03 bits per heavy atom. The average molecular weight is 408 g/mol. The van der Waals surface area contributed by atoms with Crippen LogP contribution in [0.1, 0.15) is 43.3 Å². The van der Waals surface area contributed by atoms with Gasteiger partial charge in [0, 0.05) is 43.9 Å². The van der Waals surface area contributed by atoms with E-state index in [9.17, 15) is 9.59 Å². The molecule has 2 amide bonds. The molecular weight excluding hydrogens is 378 g/mol. The first kappa shape index (κ1) is 20.5. The van der Waals surface area contributed by atoms with Crippen LogP contribution < -0.4 is 4.90 Å². The van der Waals surface area contributed by atoms with E-state index in [2.05, 4.69) is 28.6 Å². The molecule has 2 aliphatic rings. The number of hydrogen-bond acceptors (Lipinski definition) is 6. The van der Waals surface area contributed by atoms with E-state index in [4.69, 9.17) is 4.98 Å². The Morgan fingerprint density at radius 2 is 1.73 bits per heavy atom. The fraction of sp³-hybridized carbons (Fsp3) is 0.478. The second-order valence-electron chi connectivity index (χ2n) is 8.43. The largest absolute Gasteiger partial charge is 0.354 e. The molecule has 158 valence electrons. The molecule has 0 bridgehead atoms. The van der Waals surface area contributed by atoms with E-state index in [1.807, 2.05) is 43.3 Å². The van der Waals surface area contributed by atoms with Gasteiger partial charge in [0.15, 0.2) is 0 Å². The summed E-state index contributed by atoms with van der Waals surface area (Å²) >= 11 is 0. The van der Waals surface area contributed by atoms with Crippen molar-refractivity contribution in [2.75, 3.05) is 31.1 Å². The van der Waals surface area contributed by atoms with Crippen molar-refractivity contribution >= 4 is 17.6 Å². The molecule has 0 N–H and O–H groups in total. The summed E-state index contributed by atoms with van der Waals surface area (Å²) in [5.74, 6) is 1.94. The molecule has 2 aliphatic heterocycles. The Bertz CT molecular complexity index is 922. The summed E-state index contributed by atoms with van der Waals surface area (Å²) in [4.78, 5) is 40.6. The first-order valence-corrected chi connectivity index (χ1v) is 10.6. The minimum atomic E-state index is -0.346. The number of aromatic nitrogens is 2. The molecule has 7 heteroatoms. The highest BCUT2D eigenvalue weighted by Gasteiger charge is 2.42. The Kier molecular flexibility index (Phi) is 5.81.